The molecule has 0 saturated carbocycles. The molecule has 0 bridgehead atoms. The number of piperazine rings is 1. The number of carbonyl (C=O) groups excluding carboxylic acids is 2. The normalized spacial score (nSPS) is 17.4. The average Bonchev–Trinajstić information content (AvgIpc) is 3.23. The van der Waals surface area contributed by atoms with Gasteiger partial charge in [-0.15, -0.1) is 0 Å². The van der Waals surface area contributed by atoms with E-state index >= 15 is 0 Å². The Balaban J connectivity index is 1.62. The lowest BCUT2D eigenvalue weighted by Gasteiger charge is -2.35. The van der Waals surface area contributed by atoms with Crippen molar-refractivity contribution in [1.82, 2.24) is 14.7 Å². The molecular formula is C22H23ClN4O2. The van der Waals surface area contributed by atoms with E-state index in [1.807, 2.05) is 23.1 Å². The molecule has 2 aromatic carbocycles. The maximum Gasteiger partial charge on any atom is 0.325 e. The molecule has 7 heteroatoms. The lowest BCUT2D eigenvalue weighted by Crippen LogP contribution is -2.52. The van der Waals surface area contributed by atoms with E-state index in [9.17, 15) is 9.59 Å². The molecule has 0 N–H and O–H groups in total. The number of nitrogens with zero attached hydrogens (tertiary/aromatic N) is 4. The van der Waals surface area contributed by atoms with Gasteiger partial charge in [-0.1, -0.05) is 35.9 Å². The van der Waals surface area contributed by atoms with Crippen molar-refractivity contribution in [3.05, 3.63) is 70.2 Å². The van der Waals surface area contributed by atoms with Gasteiger partial charge in [0.2, 0.25) is 0 Å². The van der Waals surface area contributed by atoms with E-state index in [2.05, 4.69) is 16.9 Å². The van der Waals surface area contributed by atoms with Gasteiger partial charge < -0.3 is 9.80 Å². The van der Waals surface area contributed by atoms with Crippen LogP contribution >= 0.6 is 11.6 Å². The Kier molecular flexibility index (Phi) is 5.65. The van der Waals surface area contributed by atoms with Crippen LogP contribution in [0.3, 0.4) is 0 Å². The molecule has 2 amide bonds. The summed E-state index contributed by atoms with van der Waals surface area (Å²) in [6, 6.07) is 14.1. The van der Waals surface area contributed by atoms with E-state index in [0.29, 0.717) is 53.7 Å². The molecule has 6 nitrogen and oxygen atoms in total. The molecule has 0 unspecified atom stereocenters. The number of benzene rings is 2. The standard InChI is InChI=1S/C22H23ClN4O2/c1-25-12-14-26(15-13-25)22(29)27-11-10-24-21(27)19-5-3-2-4-18(19)20(28)16-6-8-17(23)9-7-16/h2-9H,10-15H2,1H3. The van der Waals surface area contributed by atoms with E-state index in [-0.39, 0.29) is 11.8 Å². The van der Waals surface area contributed by atoms with Crippen LogP contribution in [0.15, 0.2) is 53.5 Å². The number of ketones is 1. The highest BCUT2D eigenvalue weighted by atomic mass is 35.5. The molecule has 2 aliphatic heterocycles. The van der Waals surface area contributed by atoms with Crippen LogP contribution in [0.1, 0.15) is 21.5 Å². The van der Waals surface area contributed by atoms with E-state index in [1.165, 1.54) is 0 Å². The fraction of sp³-hybridized carbons (Fsp3) is 0.318. The molecule has 2 aliphatic rings. The molecule has 1 saturated heterocycles. The smallest absolute Gasteiger partial charge is 0.322 e. The number of urea groups is 1. The molecule has 29 heavy (non-hydrogen) atoms. The van der Waals surface area contributed by atoms with E-state index < -0.39 is 0 Å². The molecule has 150 valence electrons. The van der Waals surface area contributed by atoms with Gasteiger partial charge in [-0.3, -0.25) is 14.7 Å². The summed E-state index contributed by atoms with van der Waals surface area (Å²) in [5.41, 5.74) is 1.77. The highest BCUT2D eigenvalue weighted by molar-refractivity contribution is 6.30. The van der Waals surface area contributed by atoms with Crippen LogP contribution in [-0.4, -0.2) is 78.7 Å². The van der Waals surface area contributed by atoms with Crippen LogP contribution in [0.25, 0.3) is 0 Å². The molecule has 1 fully saturated rings. The van der Waals surface area contributed by atoms with Gasteiger partial charge in [0.1, 0.15) is 5.84 Å². The Bertz CT molecular complexity index is 950. The average molecular weight is 411 g/mol. The summed E-state index contributed by atoms with van der Waals surface area (Å²) in [4.78, 5) is 36.6. The minimum Gasteiger partial charge on any atom is -0.322 e. The van der Waals surface area contributed by atoms with Crippen LogP contribution in [0.4, 0.5) is 4.79 Å². The Morgan fingerprint density at radius 2 is 1.62 bits per heavy atom. The number of aliphatic imine (C=N–C) groups is 1. The summed E-state index contributed by atoms with van der Waals surface area (Å²) in [6.45, 7) is 4.19. The summed E-state index contributed by atoms with van der Waals surface area (Å²) < 4.78 is 0. The molecule has 0 aromatic heterocycles. The van der Waals surface area contributed by atoms with Crippen molar-refractivity contribution >= 4 is 29.3 Å². The maximum atomic E-state index is 13.1. The number of hydrogen-bond acceptors (Lipinski definition) is 4. The number of hydrogen-bond donors (Lipinski definition) is 0. The first kappa shape index (κ1) is 19.6. The Morgan fingerprint density at radius 1 is 0.931 bits per heavy atom. The Morgan fingerprint density at radius 3 is 2.34 bits per heavy atom. The second kappa shape index (κ2) is 8.35. The first-order valence-corrected chi connectivity index (χ1v) is 10.1. The molecule has 2 heterocycles. The van der Waals surface area contributed by atoms with Gasteiger partial charge in [-0.2, -0.15) is 0 Å². The van der Waals surface area contributed by atoms with Gasteiger partial charge in [0, 0.05) is 54.4 Å². The zero-order valence-corrected chi connectivity index (χ0v) is 17.1. The summed E-state index contributed by atoms with van der Waals surface area (Å²) in [6.07, 6.45) is 0. The minimum atomic E-state index is -0.112. The van der Waals surface area contributed by atoms with Crippen molar-refractivity contribution < 1.29 is 9.59 Å². The highest BCUT2D eigenvalue weighted by Gasteiger charge is 2.32. The van der Waals surface area contributed by atoms with Crippen molar-refractivity contribution in [2.24, 2.45) is 4.99 Å². The predicted molar refractivity (Wildman–Crippen MR) is 114 cm³/mol. The second-order valence-corrected chi connectivity index (χ2v) is 7.75. The highest BCUT2D eigenvalue weighted by Crippen LogP contribution is 2.21. The lowest BCUT2D eigenvalue weighted by atomic mass is 9.97. The van der Waals surface area contributed by atoms with E-state index in [0.717, 1.165) is 13.1 Å². The molecular weight excluding hydrogens is 388 g/mol. The quantitative estimate of drug-likeness (QED) is 0.731. The van der Waals surface area contributed by atoms with Gasteiger partial charge >= 0.3 is 6.03 Å². The molecule has 0 aliphatic carbocycles. The monoisotopic (exact) mass is 410 g/mol. The van der Waals surface area contributed by atoms with Crippen molar-refractivity contribution in [3.63, 3.8) is 0 Å². The fourth-order valence-electron chi connectivity index (χ4n) is 3.67. The maximum absolute atomic E-state index is 13.1. The Labute approximate surface area is 175 Å². The van der Waals surface area contributed by atoms with Crippen LogP contribution < -0.4 is 0 Å². The number of amidine groups is 1. The molecule has 4 rings (SSSR count). The van der Waals surface area contributed by atoms with Crippen molar-refractivity contribution in [1.29, 1.82) is 0 Å². The van der Waals surface area contributed by atoms with Crippen LogP contribution in [0, 0.1) is 0 Å². The molecule has 2 aromatic rings. The molecule has 0 spiro atoms. The van der Waals surface area contributed by atoms with Crippen molar-refractivity contribution in [3.8, 4) is 0 Å². The fourth-order valence-corrected chi connectivity index (χ4v) is 3.79. The van der Waals surface area contributed by atoms with E-state index in [1.54, 1.807) is 35.2 Å². The van der Waals surface area contributed by atoms with Gasteiger partial charge in [0.15, 0.2) is 5.78 Å². The largest absolute Gasteiger partial charge is 0.325 e. The summed E-state index contributed by atoms with van der Waals surface area (Å²) >= 11 is 5.95. The SMILES string of the molecule is CN1CCN(C(=O)N2CCN=C2c2ccccc2C(=O)c2ccc(Cl)cc2)CC1. The predicted octanol–water partition coefficient (Wildman–Crippen LogP) is 3.00. The van der Waals surface area contributed by atoms with E-state index in [4.69, 9.17) is 11.6 Å². The zero-order chi connectivity index (χ0) is 20.4. The number of halogens is 1. The third kappa shape index (κ3) is 4.04. The van der Waals surface area contributed by atoms with Crippen molar-refractivity contribution in [2.45, 2.75) is 0 Å². The number of carbonyl (C=O) groups is 2. The summed E-state index contributed by atoms with van der Waals surface area (Å²) in [5, 5.41) is 0.582. The Hall–Kier alpha value is -2.70. The summed E-state index contributed by atoms with van der Waals surface area (Å²) in [7, 11) is 2.06. The number of amides is 2. The first-order valence-electron chi connectivity index (χ1n) is 9.73. The lowest BCUT2D eigenvalue weighted by molar-refractivity contribution is 0.103. The third-order valence-corrected chi connectivity index (χ3v) is 5.62. The van der Waals surface area contributed by atoms with Gasteiger partial charge in [-0.25, -0.2) is 4.79 Å². The summed E-state index contributed by atoms with van der Waals surface area (Å²) in [5.74, 6) is 0.464. The third-order valence-electron chi connectivity index (χ3n) is 5.36. The number of likely N-dealkylation sites (N-methyl/N-ethyl adjacent to an activating group) is 1. The van der Waals surface area contributed by atoms with Crippen LogP contribution in [-0.2, 0) is 0 Å². The molecule has 0 radical (unpaired) electrons. The van der Waals surface area contributed by atoms with Gasteiger partial charge in [0.25, 0.3) is 0 Å². The topological polar surface area (TPSA) is 56.2 Å². The van der Waals surface area contributed by atoms with Gasteiger partial charge in [0.05, 0.1) is 6.54 Å². The second-order valence-electron chi connectivity index (χ2n) is 7.31. The molecule has 0 atom stereocenters. The minimum absolute atomic E-state index is 0.0388. The van der Waals surface area contributed by atoms with Crippen LogP contribution in [0.5, 0.6) is 0 Å². The number of rotatable bonds is 3. The zero-order valence-electron chi connectivity index (χ0n) is 16.3. The van der Waals surface area contributed by atoms with Crippen LogP contribution in [0.2, 0.25) is 5.02 Å². The van der Waals surface area contributed by atoms with Gasteiger partial charge in [-0.05, 0) is 31.3 Å². The van der Waals surface area contributed by atoms with Crippen molar-refractivity contribution in [2.75, 3.05) is 46.3 Å². The first-order chi connectivity index (χ1) is 14.0.